The summed E-state index contributed by atoms with van der Waals surface area (Å²) in [4.78, 5) is 76.0. The van der Waals surface area contributed by atoms with Crippen LogP contribution in [0, 0.1) is 0 Å². The molecule has 0 heterocycles. The molecule has 1 saturated carbocycles. The number of ether oxygens (including phenoxy) is 4. The summed E-state index contributed by atoms with van der Waals surface area (Å²) in [5.41, 5.74) is 1.27. The minimum absolute atomic E-state index is 0.0556. The molecule has 12 nitrogen and oxygen atoms in total. The Morgan fingerprint density at radius 2 is 0.864 bits per heavy atom. The molecule has 0 N–H and O–H groups in total. The van der Waals surface area contributed by atoms with E-state index in [1.54, 1.807) is 34.1 Å². The highest BCUT2D eigenvalue weighted by Crippen LogP contribution is 2.34. The van der Waals surface area contributed by atoms with Gasteiger partial charge in [0.05, 0.1) is 12.1 Å². The van der Waals surface area contributed by atoms with Gasteiger partial charge < -0.3 is 28.7 Å². The zero-order valence-electron chi connectivity index (χ0n) is 25.8. The molecule has 0 spiro atoms. The van der Waals surface area contributed by atoms with Gasteiger partial charge >= 0.3 is 23.9 Å². The van der Waals surface area contributed by atoms with Gasteiger partial charge in [0.25, 0.3) is 0 Å². The molecule has 1 fully saturated rings. The standard InChI is InChI=1S/C32H38N2O10/c1-19(35)33(17-25-11-13-29(41-21(3)37)31(15-25)43-23(5)39)27-9-7-8-10-28(27)34(20(2)36)18-26-12-14-30(42-22(4)38)32(16-26)44-24(6)40/h11-16,27-28H,7-10,17-18H2,1-6H3/t27-,28-/m0/s1. The van der Waals surface area contributed by atoms with Crippen LogP contribution in [0.25, 0.3) is 0 Å². The van der Waals surface area contributed by atoms with Crippen molar-refractivity contribution < 1.29 is 47.7 Å². The highest BCUT2D eigenvalue weighted by atomic mass is 16.6. The van der Waals surface area contributed by atoms with Crippen LogP contribution in [0.3, 0.4) is 0 Å². The molecular weight excluding hydrogens is 572 g/mol. The lowest BCUT2D eigenvalue weighted by Gasteiger charge is -2.44. The Labute approximate surface area is 256 Å². The number of rotatable bonds is 10. The van der Waals surface area contributed by atoms with Crippen molar-refractivity contribution in [3.63, 3.8) is 0 Å². The second-order valence-corrected chi connectivity index (χ2v) is 10.6. The van der Waals surface area contributed by atoms with E-state index >= 15 is 0 Å². The molecule has 1 aliphatic carbocycles. The van der Waals surface area contributed by atoms with Crippen LogP contribution in [0.5, 0.6) is 23.0 Å². The topological polar surface area (TPSA) is 146 Å². The Kier molecular flexibility index (Phi) is 11.6. The average molecular weight is 611 g/mol. The largest absolute Gasteiger partial charge is 0.423 e. The summed E-state index contributed by atoms with van der Waals surface area (Å²) in [7, 11) is 0. The predicted octanol–water partition coefficient (Wildman–Crippen LogP) is 4.10. The zero-order valence-corrected chi connectivity index (χ0v) is 25.8. The molecule has 2 aromatic rings. The Bertz CT molecular complexity index is 1330. The first-order chi connectivity index (χ1) is 20.7. The number of hydrogen-bond acceptors (Lipinski definition) is 10. The van der Waals surface area contributed by atoms with Gasteiger partial charge in [0.1, 0.15) is 0 Å². The first-order valence-electron chi connectivity index (χ1n) is 14.3. The van der Waals surface area contributed by atoms with Gasteiger partial charge in [-0.15, -0.1) is 0 Å². The summed E-state index contributed by atoms with van der Waals surface area (Å²) in [5.74, 6) is -2.48. The van der Waals surface area contributed by atoms with Gasteiger partial charge in [-0.1, -0.05) is 25.0 Å². The molecular formula is C32H38N2O10. The van der Waals surface area contributed by atoms with E-state index in [1.165, 1.54) is 53.7 Å². The molecule has 2 amide bonds. The molecule has 12 heteroatoms. The normalized spacial score (nSPS) is 15.9. The lowest BCUT2D eigenvalue weighted by Crippen LogP contribution is -2.55. The number of carbonyl (C=O) groups is 6. The van der Waals surface area contributed by atoms with Crippen molar-refractivity contribution in [1.29, 1.82) is 0 Å². The van der Waals surface area contributed by atoms with E-state index in [0.717, 1.165) is 12.8 Å². The first-order valence-corrected chi connectivity index (χ1v) is 14.3. The molecule has 236 valence electrons. The number of nitrogens with zero attached hydrogens (tertiary/aromatic N) is 2. The fraction of sp³-hybridized carbons (Fsp3) is 0.438. The summed E-state index contributed by atoms with van der Waals surface area (Å²) in [6.45, 7) is 8.17. The third-order valence-corrected chi connectivity index (χ3v) is 7.04. The molecule has 3 rings (SSSR count). The van der Waals surface area contributed by atoms with E-state index in [4.69, 9.17) is 18.9 Å². The molecule has 0 aliphatic heterocycles. The van der Waals surface area contributed by atoms with Gasteiger partial charge in [-0.25, -0.2) is 0 Å². The van der Waals surface area contributed by atoms with E-state index in [1.807, 2.05) is 0 Å². The summed E-state index contributed by atoms with van der Waals surface area (Å²) >= 11 is 0. The second-order valence-electron chi connectivity index (χ2n) is 10.6. The maximum absolute atomic E-state index is 13.1. The van der Waals surface area contributed by atoms with Gasteiger partial charge in [0.2, 0.25) is 11.8 Å². The van der Waals surface area contributed by atoms with Crippen LogP contribution in [0.2, 0.25) is 0 Å². The Balaban J connectivity index is 1.93. The molecule has 0 bridgehead atoms. The molecule has 2 aromatic carbocycles. The lowest BCUT2D eigenvalue weighted by molar-refractivity contribution is -0.141. The predicted molar refractivity (Wildman–Crippen MR) is 157 cm³/mol. The van der Waals surface area contributed by atoms with Crippen LogP contribution in [0.4, 0.5) is 0 Å². The van der Waals surface area contributed by atoms with Crippen LogP contribution in [0.1, 0.15) is 78.4 Å². The van der Waals surface area contributed by atoms with Crippen molar-refractivity contribution in [2.24, 2.45) is 0 Å². The van der Waals surface area contributed by atoms with Crippen molar-refractivity contribution in [1.82, 2.24) is 9.80 Å². The van der Waals surface area contributed by atoms with Crippen molar-refractivity contribution in [3.8, 4) is 23.0 Å². The maximum atomic E-state index is 13.1. The minimum atomic E-state index is -0.596. The highest BCUT2D eigenvalue weighted by molar-refractivity contribution is 5.77. The second kappa shape index (κ2) is 15.1. The van der Waals surface area contributed by atoms with E-state index in [9.17, 15) is 28.8 Å². The molecule has 44 heavy (non-hydrogen) atoms. The molecule has 1 aliphatic rings. The van der Waals surface area contributed by atoms with E-state index in [0.29, 0.717) is 24.0 Å². The third kappa shape index (κ3) is 9.38. The number of esters is 4. The van der Waals surface area contributed by atoms with Crippen LogP contribution < -0.4 is 18.9 Å². The zero-order chi connectivity index (χ0) is 32.6. The summed E-state index contributed by atoms with van der Waals surface area (Å²) in [6.07, 6.45) is 3.02. The summed E-state index contributed by atoms with van der Waals surface area (Å²) in [6, 6.07) is 8.83. The first kappa shape index (κ1) is 33.8. The van der Waals surface area contributed by atoms with Crippen LogP contribution in [-0.4, -0.2) is 57.6 Å². The minimum Gasteiger partial charge on any atom is -0.423 e. The van der Waals surface area contributed by atoms with Crippen molar-refractivity contribution in [2.45, 2.75) is 92.4 Å². The van der Waals surface area contributed by atoms with Gasteiger partial charge in [-0.2, -0.15) is 0 Å². The summed E-state index contributed by atoms with van der Waals surface area (Å²) < 4.78 is 20.9. The van der Waals surface area contributed by atoms with E-state index in [-0.39, 0.29) is 60.0 Å². The fourth-order valence-electron chi connectivity index (χ4n) is 5.39. The number of hydrogen-bond donors (Lipinski definition) is 0. The Morgan fingerprint density at radius 1 is 0.545 bits per heavy atom. The number of benzene rings is 2. The summed E-state index contributed by atoms with van der Waals surface area (Å²) in [5, 5.41) is 0. The van der Waals surface area contributed by atoms with Crippen molar-refractivity contribution >= 4 is 35.7 Å². The quantitative estimate of drug-likeness (QED) is 0.285. The van der Waals surface area contributed by atoms with E-state index < -0.39 is 23.9 Å². The fourth-order valence-corrected chi connectivity index (χ4v) is 5.39. The van der Waals surface area contributed by atoms with Gasteiger partial charge in [0, 0.05) is 54.6 Å². The smallest absolute Gasteiger partial charge is 0.308 e. The molecule has 2 atom stereocenters. The highest BCUT2D eigenvalue weighted by Gasteiger charge is 2.37. The van der Waals surface area contributed by atoms with Gasteiger partial charge in [-0.3, -0.25) is 28.8 Å². The third-order valence-electron chi connectivity index (χ3n) is 7.04. The Morgan fingerprint density at radius 3 is 1.16 bits per heavy atom. The Hall–Kier alpha value is -4.74. The van der Waals surface area contributed by atoms with Gasteiger partial charge in [0.15, 0.2) is 23.0 Å². The average Bonchev–Trinajstić information content (AvgIpc) is 2.91. The lowest BCUT2D eigenvalue weighted by atomic mass is 9.87. The van der Waals surface area contributed by atoms with Crippen LogP contribution in [-0.2, 0) is 41.9 Å². The number of carbonyl (C=O) groups excluding carboxylic acids is 6. The monoisotopic (exact) mass is 610 g/mol. The van der Waals surface area contributed by atoms with Crippen molar-refractivity contribution in [3.05, 3.63) is 47.5 Å². The molecule has 0 saturated heterocycles. The van der Waals surface area contributed by atoms with Crippen molar-refractivity contribution in [2.75, 3.05) is 0 Å². The SMILES string of the molecule is CC(=O)Oc1ccc(CN(C(C)=O)[C@H]2CCCC[C@@H]2N(Cc2ccc(OC(C)=O)c(OC(C)=O)c2)C(C)=O)cc1OC(C)=O. The van der Waals surface area contributed by atoms with Gasteiger partial charge in [-0.05, 0) is 48.2 Å². The maximum Gasteiger partial charge on any atom is 0.308 e. The molecule has 0 aromatic heterocycles. The number of amides is 2. The molecule has 0 unspecified atom stereocenters. The molecule has 0 radical (unpaired) electrons. The van der Waals surface area contributed by atoms with E-state index in [2.05, 4.69) is 0 Å². The van der Waals surface area contributed by atoms with Crippen LogP contribution in [0.15, 0.2) is 36.4 Å². The van der Waals surface area contributed by atoms with Crippen LogP contribution >= 0.6 is 0 Å².